The number of nitriles is 1. The number of nitrogens with zero attached hydrogens (tertiary/aromatic N) is 2. The molecule has 0 radical (unpaired) electrons. The number of aromatic nitrogens is 1. The Morgan fingerprint density at radius 1 is 0.750 bits per heavy atom. The Bertz CT molecular complexity index is 1200. The summed E-state index contributed by atoms with van der Waals surface area (Å²) in [6, 6.07) is 21.3. The Hall–Kier alpha value is -3.18. The van der Waals surface area contributed by atoms with Crippen molar-refractivity contribution >= 4 is 21.5 Å². The number of rotatable bonds is 3. The Labute approximate surface area is 166 Å². The van der Waals surface area contributed by atoms with Gasteiger partial charge in [-0.2, -0.15) is 5.26 Å². The first-order valence-corrected chi connectivity index (χ1v) is 9.84. The molecule has 0 aliphatic rings. The van der Waals surface area contributed by atoms with Crippen LogP contribution in [0, 0.1) is 11.3 Å². The third-order valence-electron chi connectivity index (χ3n) is 5.47. The predicted molar refractivity (Wildman–Crippen MR) is 118 cm³/mol. The zero-order valence-corrected chi connectivity index (χ0v) is 16.8. The quantitative estimate of drug-likeness (QED) is 0.361. The lowest BCUT2D eigenvalue weighted by atomic mass is 9.90. The fourth-order valence-electron chi connectivity index (χ4n) is 3.78. The Kier molecular flexibility index (Phi) is 4.61. The van der Waals surface area contributed by atoms with Gasteiger partial charge < -0.3 is 0 Å². The smallest absolute Gasteiger partial charge is 0.0991 e. The number of hydrogen-bond donors (Lipinski definition) is 0. The minimum Gasteiger partial charge on any atom is -0.256 e. The average molecular weight is 364 g/mol. The molecule has 0 bridgehead atoms. The summed E-state index contributed by atoms with van der Waals surface area (Å²) in [5.74, 6) is 0.940. The van der Waals surface area contributed by atoms with Crippen LogP contribution in [-0.4, -0.2) is 4.98 Å². The van der Waals surface area contributed by atoms with Crippen molar-refractivity contribution in [3.8, 4) is 17.3 Å². The highest BCUT2D eigenvalue weighted by atomic mass is 14.7. The van der Waals surface area contributed by atoms with Crippen LogP contribution in [-0.2, 0) is 0 Å². The van der Waals surface area contributed by atoms with Crippen LogP contribution in [0.2, 0.25) is 0 Å². The predicted octanol–water partition coefficient (Wildman–Crippen LogP) is 7.17. The highest BCUT2D eigenvalue weighted by Crippen LogP contribution is 2.34. The van der Waals surface area contributed by atoms with Crippen LogP contribution in [0.5, 0.6) is 0 Å². The van der Waals surface area contributed by atoms with Crippen molar-refractivity contribution in [2.75, 3.05) is 0 Å². The molecule has 0 amide bonds. The summed E-state index contributed by atoms with van der Waals surface area (Å²) in [6.45, 7) is 8.94. The van der Waals surface area contributed by atoms with Crippen LogP contribution in [0.1, 0.15) is 56.2 Å². The molecule has 0 atom stereocenters. The highest BCUT2D eigenvalue weighted by molar-refractivity contribution is 6.11. The van der Waals surface area contributed by atoms with Crippen LogP contribution >= 0.6 is 0 Å². The minimum atomic E-state index is 0.470. The van der Waals surface area contributed by atoms with Crippen LogP contribution in [0.25, 0.3) is 32.8 Å². The molecule has 2 nitrogen and oxygen atoms in total. The highest BCUT2D eigenvalue weighted by Gasteiger charge is 2.13. The molecular weight excluding hydrogens is 340 g/mol. The summed E-state index contributed by atoms with van der Waals surface area (Å²) in [7, 11) is 0. The molecule has 3 aromatic carbocycles. The van der Waals surface area contributed by atoms with Crippen LogP contribution < -0.4 is 0 Å². The van der Waals surface area contributed by atoms with E-state index in [0.717, 1.165) is 21.9 Å². The van der Waals surface area contributed by atoms with E-state index >= 15 is 0 Å². The van der Waals surface area contributed by atoms with E-state index in [4.69, 9.17) is 4.98 Å². The zero-order valence-electron chi connectivity index (χ0n) is 16.8. The van der Waals surface area contributed by atoms with Gasteiger partial charge in [0, 0.05) is 17.1 Å². The normalized spacial score (nSPS) is 11.5. The topological polar surface area (TPSA) is 36.7 Å². The van der Waals surface area contributed by atoms with Gasteiger partial charge in [-0.15, -0.1) is 0 Å². The first-order chi connectivity index (χ1) is 13.5. The van der Waals surface area contributed by atoms with Gasteiger partial charge in [-0.3, -0.25) is 4.98 Å². The Morgan fingerprint density at radius 3 is 2.07 bits per heavy atom. The summed E-state index contributed by atoms with van der Waals surface area (Å²) < 4.78 is 0. The first kappa shape index (κ1) is 18.2. The molecule has 0 fully saturated rings. The molecule has 138 valence electrons. The van der Waals surface area contributed by atoms with E-state index in [-0.39, 0.29) is 0 Å². The van der Waals surface area contributed by atoms with Crippen molar-refractivity contribution < 1.29 is 0 Å². The molecule has 0 saturated heterocycles. The van der Waals surface area contributed by atoms with Gasteiger partial charge in [-0.25, -0.2) is 0 Å². The van der Waals surface area contributed by atoms with E-state index in [1.807, 2.05) is 24.4 Å². The number of hydrogen-bond acceptors (Lipinski definition) is 2. The maximum Gasteiger partial charge on any atom is 0.0991 e. The lowest BCUT2D eigenvalue weighted by Crippen LogP contribution is -1.96. The fourth-order valence-corrected chi connectivity index (χ4v) is 3.78. The summed E-state index contributed by atoms with van der Waals surface area (Å²) in [5.41, 5.74) is 5.58. The van der Waals surface area contributed by atoms with Gasteiger partial charge in [0.25, 0.3) is 0 Å². The van der Waals surface area contributed by atoms with Crippen LogP contribution in [0.15, 0.2) is 60.8 Å². The largest absolute Gasteiger partial charge is 0.256 e. The van der Waals surface area contributed by atoms with Crippen molar-refractivity contribution in [2.45, 2.75) is 39.5 Å². The molecule has 0 saturated carbocycles. The molecule has 0 unspecified atom stereocenters. The summed E-state index contributed by atoms with van der Waals surface area (Å²) in [6.07, 6.45) is 1.90. The molecule has 0 N–H and O–H groups in total. The standard InChI is InChI=1S/C26H24N2/c1-16(2)20-12-21(17(3)4)14-22(13-20)26-25-8-6-19-11-18(15-27)5-7-23(19)24(25)9-10-28-26/h5-14,16-17H,1-4H3. The zero-order chi connectivity index (χ0) is 19.8. The number of fused-ring (bicyclic) bond motifs is 3. The first-order valence-electron chi connectivity index (χ1n) is 9.84. The van der Waals surface area contributed by atoms with Crippen molar-refractivity contribution in [3.05, 3.63) is 77.5 Å². The molecule has 0 aliphatic heterocycles. The maximum absolute atomic E-state index is 9.18. The van der Waals surface area contributed by atoms with Crippen molar-refractivity contribution in [1.82, 2.24) is 4.98 Å². The minimum absolute atomic E-state index is 0.470. The summed E-state index contributed by atoms with van der Waals surface area (Å²) >= 11 is 0. The average Bonchev–Trinajstić information content (AvgIpc) is 2.72. The van der Waals surface area contributed by atoms with E-state index in [1.165, 1.54) is 22.1 Å². The summed E-state index contributed by atoms with van der Waals surface area (Å²) in [5, 5.41) is 13.7. The van der Waals surface area contributed by atoms with E-state index in [1.54, 1.807) is 0 Å². The Balaban J connectivity index is 2.00. The molecule has 2 heteroatoms. The molecule has 0 aliphatic carbocycles. The molecule has 4 rings (SSSR count). The number of benzene rings is 3. The SMILES string of the molecule is CC(C)c1cc(-c2nccc3c2ccc2cc(C#N)ccc23)cc(C(C)C)c1. The van der Waals surface area contributed by atoms with Gasteiger partial charge in [-0.05, 0) is 69.5 Å². The Morgan fingerprint density at radius 2 is 1.43 bits per heavy atom. The van der Waals surface area contributed by atoms with E-state index < -0.39 is 0 Å². The lowest BCUT2D eigenvalue weighted by Gasteiger charge is -2.15. The van der Waals surface area contributed by atoms with Gasteiger partial charge >= 0.3 is 0 Å². The van der Waals surface area contributed by atoms with Gasteiger partial charge in [0.2, 0.25) is 0 Å². The third kappa shape index (κ3) is 3.14. The van der Waals surface area contributed by atoms with E-state index in [9.17, 15) is 5.26 Å². The molecule has 4 aromatic rings. The van der Waals surface area contributed by atoms with Crippen LogP contribution in [0.3, 0.4) is 0 Å². The van der Waals surface area contributed by atoms with E-state index in [2.05, 4.69) is 70.2 Å². The molecular formula is C26H24N2. The second-order valence-electron chi connectivity index (χ2n) is 8.07. The van der Waals surface area contributed by atoms with E-state index in [0.29, 0.717) is 17.4 Å². The molecule has 1 heterocycles. The molecule has 28 heavy (non-hydrogen) atoms. The van der Waals surface area contributed by atoms with Crippen molar-refractivity contribution in [2.24, 2.45) is 0 Å². The van der Waals surface area contributed by atoms with Crippen molar-refractivity contribution in [1.29, 1.82) is 5.26 Å². The van der Waals surface area contributed by atoms with Gasteiger partial charge in [0.1, 0.15) is 0 Å². The molecule has 0 spiro atoms. The van der Waals surface area contributed by atoms with Gasteiger partial charge in [0.05, 0.1) is 17.3 Å². The second kappa shape index (κ2) is 7.09. The van der Waals surface area contributed by atoms with Crippen LogP contribution in [0.4, 0.5) is 0 Å². The molecule has 1 aromatic heterocycles. The third-order valence-corrected chi connectivity index (χ3v) is 5.47. The van der Waals surface area contributed by atoms with Gasteiger partial charge in [-0.1, -0.05) is 52.0 Å². The lowest BCUT2D eigenvalue weighted by molar-refractivity contribution is 0.834. The fraction of sp³-hybridized carbons (Fsp3) is 0.231. The maximum atomic E-state index is 9.18. The second-order valence-corrected chi connectivity index (χ2v) is 8.07. The van der Waals surface area contributed by atoms with Crippen molar-refractivity contribution in [3.63, 3.8) is 0 Å². The van der Waals surface area contributed by atoms with Gasteiger partial charge in [0.15, 0.2) is 0 Å². The number of pyridine rings is 1. The summed E-state index contributed by atoms with van der Waals surface area (Å²) in [4.78, 5) is 4.77. The monoisotopic (exact) mass is 364 g/mol.